The Balaban J connectivity index is 2.12. The van der Waals surface area contributed by atoms with Crippen molar-refractivity contribution in [3.8, 4) is 0 Å². The predicted molar refractivity (Wildman–Crippen MR) is 67.2 cm³/mol. The molecule has 2 nitrogen and oxygen atoms in total. The van der Waals surface area contributed by atoms with Gasteiger partial charge in [0.25, 0.3) is 0 Å². The third-order valence-corrected chi connectivity index (χ3v) is 3.55. The minimum Gasteiger partial charge on any atom is -0.314 e. The lowest BCUT2D eigenvalue weighted by atomic mass is 9.97. The Morgan fingerprint density at radius 3 is 2.60 bits per heavy atom. The van der Waals surface area contributed by atoms with Crippen LogP contribution in [-0.2, 0) is 0 Å². The van der Waals surface area contributed by atoms with Crippen LogP contribution < -0.4 is 5.32 Å². The van der Waals surface area contributed by atoms with Crippen LogP contribution in [0.1, 0.15) is 45.4 Å². The maximum Gasteiger partial charge on any atom is 0.00926 e. The summed E-state index contributed by atoms with van der Waals surface area (Å²) >= 11 is 0. The number of hydrogen-bond acceptors (Lipinski definition) is 2. The van der Waals surface area contributed by atoms with E-state index in [9.17, 15) is 0 Å². The third-order valence-electron chi connectivity index (χ3n) is 3.55. The van der Waals surface area contributed by atoms with Gasteiger partial charge in [0.2, 0.25) is 0 Å². The van der Waals surface area contributed by atoms with Crippen LogP contribution in [0, 0.1) is 5.92 Å². The zero-order valence-corrected chi connectivity index (χ0v) is 10.8. The molecule has 0 aliphatic heterocycles. The smallest absolute Gasteiger partial charge is 0.00926 e. The molecular formula is C13H28N2. The molecule has 0 spiro atoms. The van der Waals surface area contributed by atoms with Crippen LogP contribution >= 0.6 is 0 Å². The van der Waals surface area contributed by atoms with Gasteiger partial charge >= 0.3 is 0 Å². The van der Waals surface area contributed by atoms with E-state index in [-0.39, 0.29) is 0 Å². The summed E-state index contributed by atoms with van der Waals surface area (Å²) in [6.45, 7) is 4.80. The average molecular weight is 212 g/mol. The second kappa shape index (κ2) is 7.24. The number of nitrogens with zero attached hydrogens (tertiary/aromatic N) is 1. The van der Waals surface area contributed by atoms with Crippen molar-refractivity contribution in [1.29, 1.82) is 0 Å². The summed E-state index contributed by atoms with van der Waals surface area (Å²) in [4.78, 5) is 2.26. The molecule has 0 bridgehead atoms. The molecule has 1 rings (SSSR count). The lowest BCUT2D eigenvalue weighted by Crippen LogP contribution is -2.35. The SMILES string of the molecule is CC1CCCCCC1NCCCN(C)C. The largest absolute Gasteiger partial charge is 0.314 e. The van der Waals surface area contributed by atoms with Gasteiger partial charge in [0.1, 0.15) is 0 Å². The summed E-state index contributed by atoms with van der Waals surface area (Å²) in [5, 5.41) is 3.74. The summed E-state index contributed by atoms with van der Waals surface area (Å²) in [5.74, 6) is 0.881. The highest BCUT2D eigenvalue weighted by molar-refractivity contribution is 4.76. The summed E-state index contributed by atoms with van der Waals surface area (Å²) in [6.07, 6.45) is 8.40. The topological polar surface area (TPSA) is 15.3 Å². The van der Waals surface area contributed by atoms with E-state index in [4.69, 9.17) is 0 Å². The molecule has 90 valence electrons. The van der Waals surface area contributed by atoms with Crippen molar-refractivity contribution in [2.45, 2.75) is 51.5 Å². The van der Waals surface area contributed by atoms with Gasteiger partial charge in [-0.15, -0.1) is 0 Å². The quantitative estimate of drug-likeness (QED) is 0.556. The molecular weight excluding hydrogens is 184 g/mol. The Morgan fingerprint density at radius 1 is 1.13 bits per heavy atom. The van der Waals surface area contributed by atoms with Gasteiger partial charge in [-0.2, -0.15) is 0 Å². The number of rotatable bonds is 5. The minimum atomic E-state index is 0.787. The highest BCUT2D eigenvalue weighted by Crippen LogP contribution is 2.22. The van der Waals surface area contributed by atoms with Crippen molar-refractivity contribution in [3.63, 3.8) is 0 Å². The lowest BCUT2D eigenvalue weighted by Gasteiger charge is -2.23. The van der Waals surface area contributed by atoms with Crippen LogP contribution in [0.25, 0.3) is 0 Å². The molecule has 0 saturated heterocycles. The maximum absolute atomic E-state index is 3.74. The molecule has 2 heteroatoms. The highest BCUT2D eigenvalue weighted by Gasteiger charge is 2.18. The van der Waals surface area contributed by atoms with Gasteiger partial charge in [-0.3, -0.25) is 0 Å². The van der Waals surface area contributed by atoms with Crippen molar-refractivity contribution in [2.24, 2.45) is 5.92 Å². The van der Waals surface area contributed by atoms with E-state index in [1.54, 1.807) is 0 Å². The maximum atomic E-state index is 3.74. The molecule has 0 amide bonds. The van der Waals surface area contributed by atoms with E-state index in [1.165, 1.54) is 51.6 Å². The molecule has 1 fully saturated rings. The molecule has 15 heavy (non-hydrogen) atoms. The first-order valence-corrected chi connectivity index (χ1v) is 6.58. The van der Waals surface area contributed by atoms with Crippen molar-refractivity contribution in [3.05, 3.63) is 0 Å². The van der Waals surface area contributed by atoms with Gasteiger partial charge < -0.3 is 10.2 Å². The van der Waals surface area contributed by atoms with Crippen molar-refractivity contribution >= 4 is 0 Å². The van der Waals surface area contributed by atoms with E-state index in [0.717, 1.165) is 12.0 Å². The number of nitrogens with one attached hydrogen (secondary N) is 1. The fraction of sp³-hybridized carbons (Fsp3) is 1.00. The summed E-state index contributed by atoms with van der Waals surface area (Å²) < 4.78 is 0. The van der Waals surface area contributed by atoms with Crippen LogP contribution in [0.5, 0.6) is 0 Å². The zero-order chi connectivity index (χ0) is 11.1. The first-order chi connectivity index (χ1) is 7.20. The standard InChI is InChI=1S/C13H28N2/c1-12-8-5-4-6-9-13(12)14-10-7-11-15(2)3/h12-14H,4-11H2,1-3H3. The highest BCUT2D eigenvalue weighted by atomic mass is 15.1. The molecule has 2 unspecified atom stereocenters. The Hall–Kier alpha value is -0.0800. The Morgan fingerprint density at radius 2 is 1.87 bits per heavy atom. The van der Waals surface area contributed by atoms with Crippen molar-refractivity contribution in [2.75, 3.05) is 27.2 Å². The fourth-order valence-corrected chi connectivity index (χ4v) is 2.48. The molecule has 2 atom stereocenters. The zero-order valence-electron chi connectivity index (χ0n) is 10.8. The van der Waals surface area contributed by atoms with Gasteiger partial charge in [0, 0.05) is 6.04 Å². The molecule has 1 aliphatic carbocycles. The number of hydrogen-bond donors (Lipinski definition) is 1. The molecule has 0 aromatic carbocycles. The van der Waals surface area contributed by atoms with E-state index >= 15 is 0 Å². The van der Waals surface area contributed by atoms with E-state index < -0.39 is 0 Å². The summed E-state index contributed by atoms with van der Waals surface area (Å²) in [6, 6.07) is 0.787. The van der Waals surface area contributed by atoms with Gasteiger partial charge in [-0.05, 0) is 52.4 Å². The van der Waals surface area contributed by atoms with Crippen LogP contribution in [0.2, 0.25) is 0 Å². The van der Waals surface area contributed by atoms with Crippen LogP contribution in [-0.4, -0.2) is 38.1 Å². The van der Waals surface area contributed by atoms with Gasteiger partial charge in [-0.1, -0.05) is 26.2 Å². The Bertz CT molecular complexity index is 157. The molecule has 0 heterocycles. The minimum absolute atomic E-state index is 0.787. The summed E-state index contributed by atoms with van der Waals surface area (Å²) in [7, 11) is 4.29. The molecule has 0 radical (unpaired) electrons. The monoisotopic (exact) mass is 212 g/mol. The van der Waals surface area contributed by atoms with Crippen LogP contribution in [0.4, 0.5) is 0 Å². The average Bonchev–Trinajstić information content (AvgIpc) is 2.38. The van der Waals surface area contributed by atoms with E-state index in [0.29, 0.717) is 0 Å². The Labute approximate surface area is 95.4 Å². The third kappa shape index (κ3) is 5.53. The second-order valence-electron chi connectivity index (χ2n) is 5.33. The molecule has 0 aromatic heterocycles. The Kier molecular flexibility index (Phi) is 6.26. The molecule has 1 aliphatic rings. The van der Waals surface area contributed by atoms with Crippen LogP contribution in [0.3, 0.4) is 0 Å². The fourth-order valence-electron chi connectivity index (χ4n) is 2.48. The molecule has 0 aromatic rings. The lowest BCUT2D eigenvalue weighted by molar-refractivity contribution is 0.338. The first-order valence-electron chi connectivity index (χ1n) is 6.58. The van der Waals surface area contributed by atoms with Crippen molar-refractivity contribution in [1.82, 2.24) is 10.2 Å². The normalized spacial score (nSPS) is 28.0. The van der Waals surface area contributed by atoms with Gasteiger partial charge in [-0.25, -0.2) is 0 Å². The molecule has 1 N–H and O–H groups in total. The molecule has 1 saturated carbocycles. The van der Waals surface area contributed by atoms with E-state index in [2.05, 4.69) is 31.2 Å². The predicted octanol–water partition coefficient (Wildman–Crippen LogP) is 2.50. The second-order valence-corrected chi connectivity index (χ2v) is 5.33. The first kappa shape index (κ1) is 13.0. The van der Waals surface area contributed by atoms with E-state index in [1.807, 2.05) is 0 Å². The van der Waals surface area contributed by atoms with Gasteiger partial charge in [0.05, 0.1) is 0 Å². The summed E-state index contributed by atoms with van der Waals surface area (Å²) in [5.41, 5.74) is 0. The van der Waals surface area contributed by atoms with Gasteiger partial charge in [0.15, 0.2) is 0 Å². The van der Waals surface area contributed by atoms with Crippen molar-refractivity contribution < 1.29 is 0 Å². The van der Waals surface area contributed by atoms with Crippen LogP contribution in [0.15, 0.2) is 0 Å².